The molecule has 0 saturated carbocycles. The van der Waals surface area contributed by atoms with Gasteiger partial charge in [-0.2, -0.15) is 4.65 Å². The second-order valence-corrected chi connectivity index (χ2v) is 30.9. The molecule has 0 aliphatic heterocycles. The molecule has 0 heterocycles. The minimum Gasteiger partial charge on any atom is -0.305 e. The molecule has 0 fully saturated rings. The van der Waals surface area contributed by atoms with Crippen LogP contribution in [0.5, 0.6) is 0 Å². The molecule has 0 radical (unpaired) electrons. The van der Waals surface area contributed by atoms with E-state index in [4.69, 9.17) is 0 Å². The Morgan fingerprint density at radius 3 is 1.15 bits per heavy atom. The number of aryl methyl sites for hydroxylation is 2. The standard InChI is InChI=1S/C10H16NO.C10H15N.S9.S8/c1-9-4-6-10(7-5-9)8-11(2,3)12;1-9-4-6-10(7-5-9)8-11(2)3;1-3-5-7-9-8-6-4-2;1-3-5-7-8-6-4-2/h4-7,12H,8H2,1-3H3;4-7H,8H2,1-3H3;;/q+1;;;. The fourth-order valence-corrected chi connectivity index (χ4v) is 27.0. The van der Waals surface area contributed by atoms with Crippen molar-refractivity contribution in [2.75, 3.05) is 28.2 Å². The largest absolute Gasteiger partial charge is 0.305 e. The first-order valence-electron chi connectivity index (χ1n) is 10.5. The molecule has 2 aromatic rings. The van der Waals surface area contributed by atoms with E-state index in [1.165, 1.54) is 52.2 Å². The Labute approximate surface area is 296 Å². The maximum atomic E-state index is 9.48. The van der Waals surface area contributed by atoms with Crippen molar-refractivity contribution in [2.24, 2.45) is 0 Å². The van der Waals surface area contributed by atoms with Gasteiger partial charge in [0.15, 0.2) is 0 Å². The van der Waals surface area contributed by atoms with Gasteiger partial charge in [-0.3, -0.25) is 0 Å². The second-order valence-electron chi connectivity index (χ2n) is 7.87. The number of hydrogen-bond donors (Lipinski definition) is 1. The van der Waals surface area contributed by atoms with Crippen LogP contribution in [0.25, 0.3) is 0 Å². The average molecular weight is 861 g/mol. The summed E-state index contributed by atoms with van der Waals surface area (Å²) < 4.78 is -0.0109. The van der Waals surface area contributed by atoms with Crippen molar-refractivity contribution in [3.63, 3.8) is 0 Å². The molecule has 0 aliphatic carbocycles. The fourth-order valence-electron chi connectivity index (χ4n) is 2.30. The molecule has 0 unspecified atom stereocenters. The molecule has 0 atom stereocenters. The van der Waals surface area contributed by atoms with Gasteiger partial charge in [0, 0.05) is 172 Å². The average Bonchev–Trinajstić information content (AvgIpc) is 2.90. The molecule has 1 N–H and O–H groups in total. The lowest BCUT2D eigenvalue weighted by atomic mass is 10.1. The van der Waals surface area contributed by atoms with Crippen LogP contribution >= 0.6 is 0 Å². The zero-order chi connectivity index (χ0) is 30.7. The van der Waals surface area contributed by atoms with Gasteiger partial charge >= 0.3 is 0 Å². The fraction of sp³-hybridized carbons (Fsp3) is 0.400. The van der Waals surface area contributed by atoms with Gasteiger partial charge in [-0.05, 0) is 33.5 Å². The summed E-state index contributed by atoms with van der Waals surface area (Å²) in [5.74, 6) is 0. The number of rotatable bonds is 4. The monoisotopic (exact) mass is 859 g/mol. The molecule has 0 bridgehead atoms. The molecule has 0 aromatic heterocycles. The molecule has 0 spiro atoms. The zero-order valence-corrected chi connectivity index (χ0v) is 36.2. The van der Waals surface area contributed by atoms with Crippen LogP contribution < -0.4 is 0 Å². The van der Waals surface area contributed by atoms with Crippen molar-refractivity contribution >= 4 is 160 Å². The molecular formula is C20H31N2OS17+. The van der Waals surface area contributed by atoms with Crippen LogP contribution in [-0.4, -0.2) is 42.9 Å². The van der Waals surface area contributed by atoms with Crippen LogP contribution in [0.3, 0.4) is 0 Å². The molecule has 228 valence electrons. The molecule has 20 heteroatoms. The summed E-state index contributed by atoms with van der Waals surface area (Å²) in [6, 6.07) is 16.9. The summed E-state index contributed by atoms with van der Waals surface area (Å²) in [4.78, 5) is 2.17. The second kappa shape index (κ2) is 31.1. The van der Waals surface area contributed by atoms with Crippen molar-refractivity contribution in [2.45, 2.75) is 26.9 Å². The van der Waals surface area contributed by atoms with E-state index in [9.17, 15) is 5.21 Å². The molecule has 0 amide bonds. The summed E-state index contributed by atoms with van der Waals surface area (Å²) in [7, 11) is 27.7. The molecular weight excluding hydrogens is 829 g/mol. The summed E-state index contributed by atoms with van der Waals surface area (Å²) in [6.07, 6.45) is 0. The lowest BCUT2D eigenvalue weighted by Crippen LogP contribution is -2.34. The highest BCUT2D eigenvalue weighted by Crippen LogP contribution is 2.07. The smallest absolute Gasteiger partial charge is 0.134 e. The molecule has 2 rings (SSSR count). The Kier molecular flexibility index (Phi) is 34.3. The number of nitrogens with zero attached hydrogens (tertiary/aromatic N) is 2. The Hall–Kier alpha value is 2.06. The van der Waals surface area contributed by atoms with Gasteiger partial charge in [0.25, 0.3) is 0 Å². The third kappa shape index (κ3) is 34.5. The van der Waals surface area contributed by atoms with Crippen LogP contribution in [0.1, 0.15) is 22.3 Å². The Balaban J connectivity index is 0. The van der Waals surface area contributed by atoms with Gasteiger partial charge in [0.2, 0.25) is 0 Å². The highest BCUT2D eigenvalue weighted by atomic mass is 33.4. The van der Waals surface area contributed by atoms with Crippen molar-refractivity contribution in [3.8, 4) is 0 Å². The maximum absolute atomic E-state index is 9.48. The predicted octanol–water partition coefficient (Wildman–Crippen LogP) is 3.98. The van der Waals surface area contributed by atoms with Crippen LogP contribution in [-0.2, 0) is 173 Å². The van der Waals surface area contributed by atoms with E-state index in [2.05, 4.69) is 114 Å². The van der Waals surface area contributed by atoms with Gasteiger partial charge in [0.1, 0.15) is 6.54 Å². The zero-order valence-electron chi connectivity index (χ0n) is 22.3. The Morgan fingerprint density at radius 2 is 0.875 bits per heavy atom. The molecule has 0 saturated heterocycles. The topological polar surface area (TPSA) is 23.5 Å². The van der Waals surface area contributed by atoms with Crippen LogP contribution in [0.15, 0.2) is 48.5 Å². The van der Waals surface area contributed by atoms with Gasteiger partial charge in [-0.15, -0.1) is 0 Å². The SMILES string of the molecule is Cc1ccc(CN(C)C)cc1.Cc1ccc(C[N+](C)(C)O)cc1.S=S=S=S=S=S=S=S.S=S=S=S=S=S=S=S=S. The lowest BCUT2D eigenvalue weighted by Gasteiger charge is -2.19. The highest BCUT2D eigenvalue weighted by Gasteiger charge is 2.10. The first-order chi connectivity index (χ1) is 19.0. The minimum atomic E-state index is -0.0109. The van der Waals surface area contributed by atoms with E-state index in [-0.39, 0.29) is 4.65 Å². The normalized spacial score (nSPS) is 9.20. The minimum absolute atomic E-state index is 0.0109. The van der Waals surface area contributed by atoms with Crippen molar-refractivity contribution in [1.29, 1.82) is 0 Å². The van der Waals surface area contributed by atoms with Gasteiger partial charge in [-0.25, -0.2) is 5.21 Å². The maximum Gasteiger partial charge on any atom is 0.134 e. The van der Waals surface area contributed by atoms with Crippen LogP contribution in [0.4, 0.5) is 0 Å². The molecule has 40 heavy (non-hydrogen) atoms. The van der Waals surface area contributed by atoms with E-state index < -0.39 is 0 Å². The number of quaternary nitrogens is 1. The van der Waals surface area contributed by atoms with E-state index in [1.54, 1.807) is 94.0 Å². The summed E-state index contributed by atoms with van der Waals surface area (Å²) >= 11 is 18.5. The van der Waals surface area contributed by atoms with E-state index in [1.807, 2.05) is 12.1 Å². The summed E-state index contributed by atoms with van der Waals surface area (Å²) in [6.45, 7) is 5.85. The van der Waals surface area contributed by atoms with E-state index >= 15 is 0 Å². The molecule has 3 nitrogen and oxygen atoms in total. The summed E-state index contributed by atoms with van der Waals surface area (Å²) in [5, 5.41) is 9.48. The van der Waals surface area contributed by atoms with Gasteiger partial charge < -0.3 is 4.90 Å². The number of hydroxylamine groups is 3. The van der Waals surface area contributed by atoms with Gasteiger partial charge in [0.05, 0.1) is 14.1 Å². The summed E-state index contributed by atoms with van der Waals surface area (Å²) in [5.41, 5.74) is 5.11. The lowest BCUT2D eigenvalue weighted by molar-refractivity contribution is -1.08. The van der Waals surface area contributed by atoms with Crippen LogP contribution in [0, 0.1) is 13.8 Å². The van der Waals surface area contributed by atoms with Gasteiger partial charge in [-0.1, -0.05) is 59.7 Å². The number of benzene rings is 2. The number of hydrogen-bond acceptors (Lipinski definition) is 6. The first kappa shape index (κ1) is 44.2. The van der Waals surface area contributed by atoms with E-state index in [0.29, 0.717) is 6.54 Å². The quantitative estimate of drug-likeness (QED) is 0.370. The van der Waals surface area contributed by atoms with Crippen molar-refractivity contribution < 1.29 is 9.85 Å². The Morgan fingerprint density at radius 1 is 0.575 bits per heavy atom. The highest BCUT2D eigenvalue weighted by molar-refractivity contribution is 8.72. The van der Waals surface area contributed by atoms with Crippen LogP contribution in [0.2, 0.25) is 0 Å². The van der Waals surface area contributed by atoms with Crippen molar-refractivity contribution in [1.82, 2.24) is 4.90 Å². The predicted molar refractivity (Wildman–Crippen MR) is 223 cm³/mol. The van der Waals surface area contributed by atoms with Crippen molar-refractivity contribution in [3.05, 3.63) is 70.8 Å². The molecule has 2 aromatic carbocycles. The Bertz CT molecular complexity index is 1490. The first-order valence-corrected chi connectivity index (χ1v) is 30.5. The molecule has 0 aliphatic rings. The van der Waals surface area contributed by atoms with E-state index in [0.717, 1.165) is 12.1 Å². The third-order valence-corrected chi connectivity index (χ3v) is 28.1. The third-order valence-electron chi connectivity index (χ3n) is 3.62.